The maximum atomic E-state index is 13.0. The van der Waals surface area contributed by atoms with Gasteiger partial charge in [0, 0.05) is 55.7 Å². The molecule has 4 rings (SSSR count). The minimum atomic E-state index is -4.86. The average molecular weight is 533 g/mol. The molecule has 1 atom stereocenters. The van der Waals surface area contributed by atoms with E-state index in [2.05, 4.69) is 14.9 Å². The van der Waals surface area contributed by atoms with Crippen LogP contribution >= 0.6 is 0 Å². The van der Waals surface area contributed by atoms with Crippen LogP contribution in [-0.2, 0) is 14.9 Å². The van der Waals surface area contributed by atoms with Gasteiger partial charge in [0.2, 0.25) is 10.0 Å². The third kappa shape index (κ3) is 6.71. The van der Waals surface area contributed by atoms with E-state index in [1.807, 2.05) is 30.3 Å². The summed E-state index contributed by atoms with van der Waals surface area (Å²) in [5.74, 6) is -0.494. The van der Waals surface area contributed by atoms with Gasteiger partial charge >= 0.3 is 6.36 Å². The Kier molecular flexibility index (Phi) is 7.89. The van der Waals surface area contributed by atoms with Gasteiger partial charge in [-0.15, -0.1) is 13.2 Å². The van der Waals surface area contributed by atoms with Crippen molar-refractivity contribution in [1.82, 2.24) is 9.29 Å². The Hall–Kier alpha value is -3.77. The number of benzene rings is 2. The minimum absolute atomic E-state index is 0.123. The Morgan fingerprint density at radius 3 is 2.30 bits per heavy atom. The van der Waals surface area contributed by atoms with E-state index < -0.39 is 28.2 Å². The van der Waals surface area contributed by atoms with Crippen LogP contribution in [0.25, 0.3) is 0 Å². The molecule has 1 unspecified atom stereocenters. The van der Waals surface area contributed by atoms with Crippen LogP contribution < -0.4 is 4.74 Å². The first-order valence-electron chi connectivity index (χ1n) is 11.2. The van der Waals surface area contributed by atoms with Gasteiger partial charge in [-0.05, 0) is 48.0 Å². The molecule has 2 heterocycles. The van der Waals surface area contributed by atoms with Crippen LogP contribution in [0.4, 0.5) is 13.2 Å². The molecule has 1 fully saturated rings. The van der Waals surface area contributed by atoms with Crippen molar-refractivity contribution in [3.8, 4) is 5.75 Å². The minimum Gasteiger partial charge on any atom is -0.406 e. The summed E-state index contributed by atoms with van der Waals surface area (Å²) in [6, 6.07) is 15.1. The Balaban J connectivity index is 1.44. The van der Waals surface area contributed by atoms with Crippen LogP contribution in [0.2, 0.25) is 0 Å². The first-order valence-corrected chi connectivity index (χ1v) is 12.7. The van der Waals surface area contributed by atoms with Gasteiger partial charge in [-0.2, -0.15) is 4.31 Å². The van der Waals surface area contributed by atoms with Gasteiger partial charge in [-0.25, -0.2) is 8.42 Å². The van der Waals surface area contributed by atoms with Gasteiger partial charge < -0.3 is 15.0 Å². The van der Waals surface area contributed by atoms with Crippen molar-refractivity contribution in [2.24, 2.45) is 5.16 Å². The van der Waals surface area contributed by atoms with Crippen molar-refractivity contribution in [3.63, 3.8) is 0 Å². The molecule has 37 heavy (non-hydrogen) atoms. The lowest BCUT2D eigenvalue weighted by Crippen LogP contribution is -2.38. The highest BCUT2D eigenvalue weighted by molar-refractivity contribution is 7.89. The number of piperidine rings is 1. The zero-order valence-electron chi connectivity index (χ0n) is 19.4. The van der Waals surface area contributed by atoms with Crippen molar-refractivity contribution in [2.45, 2.75) is 30.2 Å². The van der Waals surface area contributed by atoms with Crippen LogP contribution in [0.15, 0.2) is 83.1 Å². The topological polar surface area (TPSA) is 105 Å². The average Bonchev–Trinajstić information content (AvgIpc) is 2.89. The number of hydrogen-bond acceptors (Lipinski definition) is 7. The molecule has 0 aliphatic carbocycles. The molecular formula is C25H23F3N4O4S. The largest absolute Gasteiger partial charge is 0.573 e. The summed E-state index contributed by atoms with van der Waals surface area (Å²) >= 11 is 0. The van der Waals surface area contributed by atoms with E-state index in [1.54, 1.807) is 18.5 Å². The standard InChI is InChI=1S/C25H23F3N4O4S/c26-25(27,28)35-22-4-6-23(7-5-22)37(33,34)32-14-10-21(11-15-32)31-36-24(19-8-12-30-13-9-19)20-3-1-2-18(16-20)17-29/h1-9,12-13,16-17,24,29H,10-11,14-15H2. The molecule has 1 aliphatic rings. The monoisotopic (exact) mass is 532 g/mol. The van der Waals surface area contributed by atoms with E-state index >= 15 is 0 Å². The summed E-state index contributed by atoms with van der Waals surface area (Å²) in [6.07, 6.45) is -0.212. The predicted octanol–water partition coefficient (Wildman–Crippen LogP) is 4.92. The molecule has 3 aromatic rings. The second kappa shape index (κ2) is 11.1. The summed E-state index contributed by atoms with van der Waals surface area (Å²) < 4.78 is 68.1. The summed E-state index contributed by atoms with van der Waals surface area (Å²) in [4.78, 5) is 9.84. The summed E-state index contributed by atoms with van der Waals surface area (Å²) in [5, 5.41) is 11.8. The zero-order valence-corrected chi connectivity index (χ0v) is 20.2. The van der Waals surface area contributed by atoms with Crippen molar-refractivity contribution in [3.05, 3.63) is 89.7 Å². The van der Waals surface area contributed by atoms with Gasteiger partial charge in [0.25, 0.3) is 0 Å². The molecule has 1 aromatic heterocycles. The molecule has 1 aliphatic heterocycles. The van der Waals surface area contributed by atoms with E-state index in [-0.39, 0.29) is 18.0 Å². The lowest BCUT2D eigenvalue weighted by Gasteiger charge is -2.27. The molecule has 1 N–H and O–H groups in total. The van der Waals surface area contributed by atoms with Crippen molar-refractivity contribution in [2.75, 3.05) is 13.1 Å². The molecule has 1 saturated heterocycles. The van der Waals surface area contributed by atoms with E-state index in [1.165, 1.54) is 10.5 Å². The molecule has 12 heteroatoms. The SMILES string of the molecule is N=Cc1cccc(C(ON=C2CCN(S(=O)(=O)c3ccc(OC(F)(F)F)cc3)CC2)c2ccncc2)c1. The lowest BCUT2D eigenvalue weighted by atomic mass is 10.0. The Morgan fingerprint density at radius 1 is 1.00 bits per heavy atom. The van der Waals surface area contributed by atoms with E-state index in [9.17, 15) is 21.6 Å². The van der Waals surface area contributed by atoms with Gasteiger partial charge in [0.1, 0.15) is 5.75 Å². The Morgan fingerprint density at radius 2 is 1.68 bits per heavy atom. The van der Waals surface area contributed by atoms with Crippen molar-refractivity contribution >= 4 is 21.9 Å². The number of nitrogens with one attached hydrogen (secondary N) is 1. The number of ether oxygens (including phenoxy) is 1. The second-order valence-electron chi connectivity index (χ2n) is 8.16. The summed E-state index contributed by atoms with van der Waals surface area (Å²) in [7, 11) is -3.90. The maximum absolute atomic E-state index is 13.0. The molecular weight excluding hydrogens is 509 g/mol. The fourth-order valence-electron chi connectivity index (χ4n) is 3.83. The molecule has 0 radical (unpaired) electrons. The Bertz CT molecular complexity index is 1350. The summed E-state index contributed by atoms with van der Waals surface area (Å²) in [5.41, 5.74) is 3.01. The summed E-state index contributed by atoms with van der Waals surface area (Å²) in [6.45, 7) is 0.295. The van der Waals surface area contributed by atoms with Gasteiger partial charge in [-0.1, -0.05) is 23.4 Å². The van der Waals surface area contributed by atoms with Gasteiger partial charge in [0.05, 0.1) is 10.6 Å². The quantitative estimate of drug-likeness (QED) is 0.327. The third-order valence-electron chi connectivity index (χ3n) is 5.67. The first kappa shape index (κ1) is 26.3. The molecule has 0 amide bonds. The molecule has 0 bridgehead atoms. The van der Waals surface area contributed by atoms with Crippen LogP contribution in [0.5, 0.6) is 5.75 Å². The highest BCUT2D eigenvalue weighted by Gasteiger charge is 2.32. The van der Waals surface area contributed by atoms with E-state index in [0.29, 0.717) is 24.1 Å². The van der Waals surface area contributed by atoms with Crippen LogP contribution in [0, 0.1) is 5.41 Å². The van der Waals surface area contributed by atoms with Gasteiger partial charge in [-0.3, -0.25) is 4.98 Å². The van der Waals surface area contributed by atoms with E-state index in [4.69, 9.17) is 10.2 Å². The van der Waals surface area contributed by atoms with Crippen LogP contribution in [0.1, 0.15) is 35.6 Å². The number of nitrogens with zero attached hydrogens (tertiary/aromatic N) is 3. The van der Waals surface area contributed by atoms with Crippen LogP contribution in [-0.4, -0.2) is 49.1 Å². The fraction of sp³-hybridized carbons (Fsp3) is 0.240. The number of hydrogen-bond donors (Lipinski definition) is 1. The number of oxime groups is 1. The molecule has 8 nitrogen and oxygen atoms in total. The smallest absolute Gasteiger partial charge is 0.406 e. The number of sulfonamides is 1. The zero-order chi connectivity index (χ0) is 26.5. The molecule has 194 valence electrons. The lowest BCUT2D eigenvalue weighted by molar-refractivity contribution is -0.274. The number of pyridine rings is 1. The highest BCUT2D eigenvalue weighted by Crippen LogP contribution is 2.28. The second-order valence-corrected chi connectivity index (χ2v) is 10.1. The maximum Gasteiger partial charge on any atom is 0.573 e. The Labute approximate surface area is 211 Å². The molecule has 2 aromatic carbocycles. The van der Waals surface area contributed by atoms with E-state index in [0.717, 1.165) is 35.4 Å². The normalized spacial score (nSPS) is 15.6. The number of aromatic nitrogens is 1. The highest BCUT2D eigenvalue weighted by atomic mass is 32.2. The molecule has 0 saturated carbocycles. The van der Waals surface area contributed by atoms with Crippen molar-refractivity contribution < 1.29 is 31.2 Å². The van der Waals surface area contributed by atoms with Crippen LogP contribution in [0.3, 0.4) is 0 Å². The fourth-order valence-corrected chi connectivity index (χ4v) is 5.27. The number of alkyl halides is 3. The number of halogens is 3. The number of rotatable bonds is 8. The van der Waals surface area contributed by atoms with Gasteiger partial charge in [0.15, 0.2) is 6.10 Å². The first-order chi connectivity index (χ1) is 17.7. The third-order valence-corrected chi connectivity index (χ3v) is 7.58. The molecule has 0 spiro atoms. The van der Waals surface area contributed by atoms with Crippen molar-refractivity contribution in [1.29, 1.82) is 5.41 Å². The predicted molar refractivity (Wildman–Crippen MR) is 130 cm³/mol.